The molecular weight excluding hydrogens is 429 g/mol. The minimum Gasteiger partial charge on any atom is -0.488 e. The number of carbonyl (C=O) groups is 1. The Balaban J connectivity index is 1.68. The third kappa shape index (κ3) is 4.68. The summed E-state index contributed by atoms with van der Waals surface area (Å²) in [6.07, 6.45) is 4.77. The van der Waals surface area contributed by atoms with Gasteiger partial charge in [0.2, 0.25) is 0 Å². The average molecular weight is 452 g/mol. The Hall–Kier alpha value is -3.18. The smallest absolute Gasteiger partial charge is 0.337 e. The lowest BCUT2D eigenvalue weighted by Crippen LogP contribution is -2.02. The zero-order valence-corrected chi connectivity index (χ0v) is 18.5. The van der Waals surface area contributed by atoms with E-state index in [1.165, 1.54) is 12.3 Å². The van der Waals surface area contributed by atoms with Crippen LogP contribution in [0, 0.1) is 5.82 Å². The van der Waals surface area contributed by atoms with Gasteiger partial charge in [0.1, 0.15) is 18.2 Å². The number of allylic oxidation sites excluding steroid dienone is 2. The van der Waals surface area contributed by atoms with Crippen molar-refractivity contribution in [1.29, 1.82) is 0 Å². The van der Waals surface area contributed by atoms with Gasteiger partial charge < -0.3 is 9.84 Å². The summed E-state index contributed by atoms with van der Waals surface area (Å²) in [5.74, 6) is -0.542. The van der Waals surface area contributed by atoms with Crippen molar-refractivity contribution in [2.45, 2.75) is 39.2 Å². The van der Waals surface area contributed by atoms with Crippen LogP contribution in [-0.4, -0.2) is 16.1 Å². The van der Waals surface area contributed by atoms with Crippen LogP contribution < -0.4 is 4.74 Å². The molecule has 4 rings (SSSR count). The van der Waals surface area contributed by atoms with Gasteiger partial charge in [0.15, 0.2) is 0 Å². The maximum Gasteiger partial charge on any atom is 0.337 e. The molecule has 1 aliphatic carbocycles. The third-order valence-electron chi connectivity index (χ3n) is 5.74. The molecule has 0 fully saturated rings. The molecule has 1 aromatic heterocycles. The first-order valence-corrected chi connectivity index (χ1v) is 11.0. The third-order valence-corrected chi connectivity index (χ3v) is 5.97. The van der Waals surface area contributed by atoms with E-state index < -0.39 is 5.97 Å². The summed E-state index contributed by atoms with van der Waals surface area (Å²) in [7, 11) is 0. The van der Waals surface area contributed by atoms with E-state index in [0.717, 1.165) is 59.2 Å². The number of ether oxygens (including phenoxy) is 1. The standard InChI is InChI=1S/C26H23ClFNO3/c1-2-16-12-20(28)9-6-18(16)15-32-25-11-8-19(27)13-23(25)21-4-3-5-22(21)24-10-7-17(14-29-24)26(30)31/h6-14H,2-5,15H2,1H3,(H,30,31). The number of carboxylic acids is 1. The van der Waals surface area contributed by atoms with Crippen molar-refractivity contribution < 1.29 is 19.0 Å². The average Bonchev–Trinajstić information content (AvgIpc) is 3.28. The molecule has 1 N–H and O–H groups in total. The Kier molecular flexibility index (Phi) is 6.56. The van der Waals surface area contributed by atoms with Crippen LogP contribution in [0.2, 0.25) is 5.02 Å². The van der Waals surface area contributed by atoms with Gasteiger partial charge in [-0.2, -0.15) is 0 Å². The topological polar surface area (TPSA) is 59.4 Å². The predicted octanol–water partition coefficient (Wildman–Crippen LogP) is 6.81. The van der Waals surface area contributed by atoms with E-state index in [9.17, 15) is 9.18 Å². The number of aryl methyl sites for hydroxylation is 1. The summed E-state index contributed by atoms with van der Waals surface area (Å²) < 4.78 is 19.8. The predicted molar refractivity (Wildman–Crippen MR) is 123 cm³/mol. The summed E-state index contributed by atoms with van der Waals surface area (Å²) in [6, 6.07) is 13.6. The van der Waals surface area contributed by atoms with Crippen molar-refractivity contribution in [3.8, 4) is 5.75 Å². The fraction of sp³-hybridized carbons (Fsp3) is 0.231. The van der Waals surface area contributed by atoms with Gasteiger partial charge in [-0.05, 0) is 90.4 Å². The van der Waals surface area contributed by atoms with Crippen LogP contribution >= 0.6 is 11.6 Å². The molecule has 0 bridgehead atoms. The molecule has 0 saturated heterocycles. The number of hydrogen-bond donors (Lipinski definition) is 1. The number of halogens is 2. The van der Waals surface area contributed by atoms with Crippen LogP contribution in [-0.2, 0) is 13.0 Å². The highest BCUT2D eigenvalue weighted by Gasteiger charge is 2.22. The number of aromatic nitrogens is 1. The van der Waals surface area contributed by atoms with Crippen LogP contribution in [0.4, 0.5) is 4.39 Å². The maximum absolute atomic E-state index is 13.6. The van der Waals surface area contributed by atoms with E-state index in [0.29, 0.717) is 17.4 Å². The molecular formula is C26H23ClFNO3. The molecule has 4 nitrogen and oxygen atoms in total. The second kappa shape index (κ2) is 9.53. The van der Waals surface area contributed by atoms with Gasteiger partial charge >= 0.3 is 5.97 Å². The van der Waals surface area contributed by atoms with Gasteiger partial charge in [-0.25, -0.2) is 9.18 Å². The molecule has 0 radical (unpaired) electrons. The van der Waals surface area contributed by atoms with Gasteiger partial charge in [0, 0.05) is 16.8 Å². The maximum atomic E-state index is 13.6. The summed E-state index contributed by atoms with van der Waals surface area (Å²) >= 11 is 6.33. The largest absolute Gasteiger partial charge is 0.488 e. The number of carboxylic acid groups (broad SMARTS) is 1. The first-order valence-electron chi connectivity index (χ1n) is 10.6. The van der Waals surface area contributed by atoms with Crippen LogP contribution in [0.25, 0.3) is 11.1 Å². The lowest BCUT2D eigenvalue weighted by molar-refractivity contribution is 0.0696. The Morgan fingerprint density at radius 1 is 1.09 bits per heavy atom. The van der Waals surface area contributed by atoms with E-state index in [2.05, 4.69) is 4.98 Å². The fourth-order valence-electron chi connectivity index (χ4n) is 4.11. The zero-order valence-electron chi connectivity index (χ0n) is 17.7. The molecule has 3 aromatic rings. The highest BCUT2D eigenvalue weighted by atomic mass is 35.5. The Morgan fingerprint density at radius 3 is 2.62 bits per heavy atom. The molecule has 2 aromatic carbocycles. The monoisotopic (exact) mass is 451 g/mol. The number of pyridine rings is 1. The van der Waals surface area contributed by atoms with Crippen molar-refractivity contribution in [3.05, 3.63) is 93.5 Å². The van der Waals surface area contributed by atoms with Crippen molar-refractivity contribution >= 4 is 28.7 Å². The molecule has 32 heavy (non-hydrogen) atoms. The Bertz CT molecular complexity index is 1190. The van der Waals surface area contributed by atoms with Crippen LogP contribution in [0.5, 0.6) is 5.75 Å². The Morgan fingerprint density at radius 2 is 1.91 bits per heavy atom. The highest BCUT2D eigenvalue weighted by Crippen LogP contribution is 2.43. The van der Waals surface area contributed by atoms with Gasteiger partial charge in [0.25, 0.3) is 0 Å². The molecule has 1 heterocycles. The van der Waals surface area contributed by atoms with E-state index in [1.807, 2.05) is 19.1 Å². The second-order valence-electron chi connectivity index (χ2n) is 7.74. The summed E-state index contributed by atoms with van der Waals surface area (Å²) in [5.41, 5.74) is 5.88. The van der Waals surface area contributed by atoms with Gasteiger partial charge in [-0.15, -0.1) is 0 Å². The summed E-state index contributed by atoms with van der Waals surface area (Å²) in [5, 5.41) is 9.75. The van der Waals surface area contributed by atoms with E-state index in [-0.39, 0.29) is 11.4 Å². The molecule has 6 heteroatoms. The van der Waals surface area contributed by atoms with E-state index >= 15 is 0 Å². The second-order valence-corrected chi connectivity index (χ2v) is 8.18. The molecule has 164 valence electrons. The normalized spacial score (nSPS) is 13.5. The Labute approximate surface area is 191 Å². The number of hydrogen-bond acceptors (Lipinski definition) is 3. The van der Waals surface area contributed by atoms with Crippen molar-refractivity contribution in [2.24, 2.45) is 0 Å². The quantitative estimate of drug-likeness (QED) is 0.428. The SMILES string of the molecule is CCc1cc(F)ccc1COc1ccc(Cl)cc1C1=C(c2ccc(C(=O)O)cn2)CCC1. The molecule has 0 amide bonds. The van der Waals surface area contributed by atoms with Crippen LogP contribution in [0.3, 0.4) is 0 Å². The molecule has 0 saturated carbocycles. The van der Waals surface area contributed by atoms with Gasteiger partial charge in [-0.1, -0.05) is 24.6 Å². The minimum atomic E-state index is -0.998. The van der Waals surface area contributed by atoms with Crippen LogP contribution in [0.15, 0.2) is 54.7 Å². The fourth-order valence-corrected chi connectivity index (χ4v) is 4.28. The number of aromatic carboxylic acids is 1. The lowest BCUT2D eigenvalue weighted by Gasteiger charge is -2.16. The first-order chi connectivity index (χ1) is 15.5. The number of benzene rings is 2. The molecule has 0 aliphatic heterocycles. The summed E-state index contributed by atoms with van der Waals surface area (Å²) in [6.45, 7) is 2.32. The number of nitrogens with zero attached hydrogens (tertiary/aromatic N) is 1. The summed E-state index contributed by atoms with van der Waals surface area (Å²) in [4.78, 5) is 15.5. The number of rotatable bonds is 7. The van der Waals surface area contributed by atoms with Crippen molar-refractivity contribution in [1.82, 2.24) is 4.98 Å². The lowest BCUT2D eigenvalue weighted by atomic mass is 9.98. The van der Waals surface area contributed by atoms with Crippen molar-refractivity contribution in [2.75, 3.05) is 0 Å². The van der Waals surface area contributed by atoms with E-state index in [4.69, 9.17) is 21.4 Å². The van der Waals surface area contributed by atoms with Crippen LogP contribution in [0.1, 0.15) is 58.9 Å². The van der Waals surface area contributed by atoms with Gasteiger partial charge in [0.05, 0.1) is 11.3 Å². The zero-order chi connectivity index (χ0) is 22.7. The molecule has 0 atom stereocenters. The molecule has 1 aliphatic rings. The van der Waals surface area contributed by atoms with Crippen molar-refractivity contribution in [3.63, 3.8) is 0 Å². The molecule has 0 spiro atoms. The minimum absolute atomic E-state index is 0.159. The molecule has 0 unspecified atom stereocenters. The first kappa shape index (κ1) is 22.0. The van der Waals surface area contributed by atoms with E-state index in [1.54, 1.807) is 30.3 Å². The highest BCUT2D eigenvalue weighted by molar-refractivity contribution is 6.30. The van der Waals surface area contributed by atoms with Gasteiger partial charge in [-0.3, -0.25) is 4.98 Å².